The van der Waals surface area contributed by atoms with Crippen molar-refractivity contribution in [1.82, 2.24) is 10.6 Å². The highest BCUT2D eigenvalue weighted by Gasteiger charge is 2.04. The Morgan fingerprint density at radius 2 is 2.04 bits per heavy atom. The van der Waals surface area contributed by atoms with Gasteiger partial charge in [0.15, 0.2) is 5.96 Å². The van der Waals surface area contributed by atoms with Gasteiger partial charge in [0.2, 0.25) is 0 Å². The summed E-state index contributed by atoms with van der Waals surface area (Å²) in [6.07, 6.45) is 2.12. The number of rotatable bonds is 8. The van der Waals surface area contributed by atoms with Gasteiger partial charge in [-0.1, -0.05) is 18.2 Å². The number of hydrogen-bond donors (Lipinski definition) is 2. The fourth-order valence-corrected chi connectivity index (χ4v) is 2.20. The lowest BCUT2D eigenvalue weighted by Crippen LogP contribution is -2.37. The first-order chi connectivity index (χ1) is 10.8. The molecule has 0 saturated carbocycles. The van der Waals surface area contributed by atoms with Crippen LogP contribution in [-0.2, 0) is 11.3 Å². The highest BCUT2D eigenvalue weighted by Crippen LogP contribution is 2.18. The van der Waals surface area contributed by atoms with Gasteiger partial charge in [-0.25, -0.2) is 0 Å². The van der Waals surface area contributed by atoms with Gasteiger partial charge in [-0.05, 0) is 31.9 Å². The Bertz CT molecular complexity index is 565. The van der Waals surface area contributed by atoms with Crippen LogP contribution in [0.15, 0.2) is 39.7 Å². The molecular weight excluding hydrogens is 405 g/mol. The molecule has 1 aromatic carbocycles. The summed E-state index contributed by atoms with van der Waals surface area (Å²) in [6.45, 7) is 5.12. The van der Waals surface area contributed by atoms with Crippen molar-refractivity contribution < 1.29 is 9.15 Å². The normalized spacial score (nSPS) is 11.3. The SMILES string of the molecule is CCOCCCCNC(=NC)NCc1cc2ccccc2o1.I. The number of aliphatic imine (C=N–C) groups is 1. The lowest BCUT2D eigenvalue weighted by molar-refractivity contribution is 0.143. The van der Waals surface area contributed by atoms with E-state index in [4.69, 9.17) is 9.15 Å². The van der Waals surface area contributed by atoms with Crippen molar-refractivity contribution in [2.75, 3.05) is 26.8 Å². The van der Waals surface area contributed by atoms with Crippen LogP contribution >= 0.6 is 24.0 Å². The molecule has 0 bridgehead atoms. The molecule has 128 valence electrons. The zero-order valence-corrected chi connectivity index (χ0v) is 16.1. The fraction of sp³-hybridized carbons (Fsp3) is 0.471. The summed E-state index contributed by atoms with van der Waals surface area (Å²) in [6, 6.07) is 10.1. The van der Waals surface area contributed by atoms with Crippen LogP contribution < -0.4 is 10.6 Å². The highest BCUT2D eigenvalue weighted by atomic mass is 127. The molecule has 5 nitrogen and oxygen atoms in total. The monoisotopic (exact) mass is 431 g/mol. The lowest BCUT2D eigenvalue weighted by Gasteiger charge is -2.10. The maximum absolute atomic E-state index is 5.77. The number of halogens is 1. The number of para-hydroxylation sites is 1. The third kappa shape index (κ3) is 6.78. The van der Waals surface area contributed by atoms with Crippen molar-refractivity contribution in [2.24, 2.45) is 4.99 Å². The van der Waals surface area contributed by atoms with E-state index in [-0.39, 0.29) is 24.0 Å². The molecule has 0 radical (unpaired) electrons. The van der Waals surface area contributed by atoms with E-state index in [1.165, 1.54) is 0 Å². The molecule has 0 aliphatic heterocycles. The molecule has 2 rings (SSSR count). The third-order valence-corrected chi connectivity index (χ3v) is 3.34. The molecule has 0 spiro atoms. The number of hydrogen-bond acceptors (Lipinski definition) is 3. The zero-order chi connectivity index (χ0) is 15.6. The van der Waals surface area contributed by atoms with Gasteiger partial charge in [0.05, 0.1) is 6.54 Å². The molecule has 0 amide bonds. The molecule has 0 aliphatic carbocycles. The van der Waals surface area contributed by atoms with E-state index in [0.29, 0.717) is 6.54 Å². The van der Waals surface area contributed by atoms with Crippen LogP contribution in [0.4, 0.5) is 0 Å². The van der Waals surface area contributed by atoms with Gasteiger partial charge in [0.25, 0.3) is 0 Å². The first kappa shape index (κ1) is 19.8. The van der Waals surface area contributed by atoms with E-state index in [1.54, 1.807) is 7.05 Å². The van der Waals surface area contributed by atoms with Gasteiger partial charge >= 0.3 is 0 Å². The van der Waals surface area contributed by atoms with Gasteiger partial charge in [-0.15, -0.1) is 24.0 Å². The van der Waals surface area contributed by atoms with Crippen molar-refractivity contribution in [1.29, 1.82) is 0 Å². The number of unbranched alkanes of at least 4 members (excludes halogenated alkanes) is 1. The second-order valence-electron chi connectivity index (χ2n) is 5.01. The molecule has 0 atom stereocenters. The highest BCUT2D eigenvalue weighted by molar-refractivity contribution is 14.0. The number of guanidine groups is 1. The van der Waals surface area contributed by atoms with Crippen LogP contribution in [0.2, 0.25) is 0 Å². The first-order valence-corrected chi connectivity index (χ1v) is 7.83. The molecule has 2 N–H and O–H groups in total. The lowest BCUT2D eigenvalue weighted by atomic mass is 10.2. The Morgan fingerprint density at radius 1 is 1.22 bits per heavy atom. The van der Waals surface area contributed by atoms with Crippen LogP contribution in [0.1, 0.15) is 25.5 Å². The molecule has 0 aliphatic rings. The summed E-state index contributed by atoms with van der Waals surface area (Å²) in [5, 5.41) is 7.68. The van der Waals surface area contributed by atoms with E-state index >= 15 is 0 Å². The maximum Gasteiger partial charge on any atom is 0.191 e. The number of furan rings is 1. The molecule has 2 aromatic rings. The summed E-state index contributed by atoms with van der Waals surface area (Å²) >= 11 is 0. The molecule has 0 unspecified atom stereocenters. The van der Waals surface area contributed by atoms with Crippen LogP contribution in [0.5, 0.6) is 0 Å². The van der Waals surface area contributed by atoms with E-state index < -0.39 is 0 Å². The zero-order valence-electron chi connectivity index (χ0n) is 13.8. The Hall–Kier alpha value is -1.28. The Labute approximate surface area is 154 Å². The smallest absolute Gasteiger partial charge is 0.191 e. The standard InChI is InChI=1S/C17H25N3O2.HI/c1-3-21-11-7-6-10-19-17(18-2)20-13-15-12-14-8-4-5-9-16(14)22-15;/h4-5,8-9,12H,3,6-7,10-11,13H2,1-2H3,(H2,18,19,20);1H. The van der Waals surface area contributed by atoms with Crippen LogP contribution in [0.25, 0.3) is 11.0 Å². The fourth-order valence-electron chi connectivity index (χ4n) is 2.20. The second kappa shape index (κ2) is 11.3. The third-order valence-electron chi connectivity index (χ3n) is 3.34. The number of benzene rings is 1. The quantitative estimate of drug-likeness (QED) is 0.291. The summed E-state index contributed by atoms with van der Waals surface area (Å²) in [7, 11) is 1.77. The van der Waals surface area contributed by atoms with Crippen LogP contribution in [0.3, 0.4) is 0 Å². The van der Waals surface area contributed by atoms with Gasteiger partial charge in [0.1, 0.15) is 11.3 Å². The molecule has 1 heterocycles. The van der Waals surface area contributed by atoms with Gasteiger partial charge in [-0.3, -0.25) is 4.99 Å². The number of fused-ring (bicyclic) bond motifs is 1. The van der Waals surface area contributed by atoms with Crippen molar-refractivity contribution >= 4 is 40.9 Å². The van der Waals surface area contributed by atoms with Crippen LogP contribution in [0, 0.1) is 0 Å². The second-order valence-corrected chi connectivity index (χ2v) is 5.01. The molecule has 1 aromatic heterocycles. The Morgan fingerprint density at radius 3 is 2.78 bits per heavy atom. The summed E-state index contributed by atoms with van der Waals surface area (Å²) in [5.74, 6) is 1.69. The molecule has 6 heteroatoms. The molecule has 23 heavy (non-hydrogen) atoms. The predicted molar refractivity (Wildman–Crippen MR) is 106 cm³/mol. The number of nitrogens with one attached hydrogen (secondary N) is 2. The van der Waals surface area contributed by atoms with E-state index in [9.17, 15) is 0 Å². The van der Waals surface area contributed by atoms with E-state index in [1.807, 2.05) is 31.2 Å². The molecule has 0 fully saturated rings. The van der Waals surface area contributed by atoms with Crippen molar-refractivity contribution in [3.8, 4) is 0 Å². The van der Waals surface area contributed by atoms with E-state index in [0.717, 1.165) is 55.3 Å². The Kier molecular flexibility index (Phi) is 9.70. The minimum absolute atomic E-state index is 0. The number of ether oxygens (including phenoxy) is 1. The topological polar surface area (TPSA) is 58.8 Å². The predicted octanol–water partition coefficient (Wildman–Crippen LogP) is 3.53. The van der Waals surface area contributed by atoms with Crippen molar-refractivity contribution in [3.05, 3.63) is 36.1 Å². The van der Waals surface area contributed by atoms with Crippen molar-refractivity contribution in [3.63, 3.8) is 0 Å². The molecular formula is C17H26IN3O2. The maximum atomic E-state index is 5.77. The Balaban J connectivity index is 0.00000264. The van der Waals surface area contributed by atoms with Gasteiger partial charge in [-0.2, -0.15) is 0 Å². The average Bonchev–Trinajstić information content (AvgIpc) is 2.96. The van der Waals surface area contributed by atoms with E-state index in [2.05, 4.69) is 21.7 Å². The largest absolute Gasteiger partial charge is 0.459 e. The average molecular weight is 431 g/mol. The minimum atomic E-state index is 0. The number of nitrogens with zero attached hydrogens (tertiary/aromatic N) is 1. The van der Waals surface area contributed by atoms with Crippen molar-refractivity contribution in [2.45, 2.75) is 26.3 Å². The minimum Gasteiger partial charge on any atom is -0.459 e. The van der Waals surface area contributed by atoms with Gasteiger partial charge in [0, 0.05) is 32.2 Å². The summed E-state index contributed by atoms with van der Waals surface area (Å²) < 4.78 is 11.1. The van der Waals surface area contributed by atoms with Gasteiger partial charge < -0.3 is 19.8 Å². The molecule has 0 saturated heterocycles. The van der Waals surface area contributed by atoms with Crippen LogP contribution in [-0.4, -0.2) is 32.8 Å². The first-order valence-electron chi connectivity index (χ1n) is 7.83. The summed E-state index contributed by atoms with van der Waals surface area (Å²) in [4.78, 5) is 4.21. The summed E-state index contributed by atoms with van der Waals surface area (Å²) in [5.41, 5.74) is 0.915.